The quantitative estimate of drug-likeness (QED) is 0.779. The second-order valence-electron chi connectivity index (χ2n) is 7.06. The fraction of sp³-hybridized carbons (Fsp3) is 0.611. The van der Waals surface area contributed by atoms with Crippen LogP contribution in [0.4, 0.5) is 0 Å². The van der Waals surface area contributed by atoms with Crippen LogP contribution in [-0.4, -0.2) is 55.8 Å². The first kappa shape index (κ1) is 19.5. The molecule has 3 rings (SSSR count). The SMILES string of the molecule is CCOc1cc(C)c(Cl)cc1S(=O)(=O)N1CCC2(CCC(=O)N2C)CC1. The van der Waals surface area contributed by atoms with Crippen LogP contribution in [0.15, 0.2) is 17.0 Å². The van der Waals surface area contributed by atoms with Gasteiger partial charge in [-0.2, -0.15) is 4.31 Å². The Morgan fingerprint density at radius 3 is 2.42 bits per heavy atom. The number of ether oxygens (including phenoxy) is 1. The van der Waals surface area contributed by atoms with Crippen molar-refractivity contribution in [3.8, 4) is 5.75 Å². The minimum atomic E-state index is -3.71. The van der Waals surface area contributed by atoms with Crippen LogP contribution in [-0.2, 0) is 14.8 Å². The van der Waals surface area contributed by atoms with Gasteiger partial charge in [-0.25, -0.2) is 8.42 Å². The summed E-state index contributed by atoms with van der Waals surface area (Å²) >= 11 is 6.18. The minimum absolute atomic E-state index is 0.113. The highest BCUT2D eigenvalue weighted by atomic mass is 35.5. The standard InChI is InChI=1S/C18H25ClN2O4S/c1-4-25-15-11-13(2)14(19)12-16(15)26(23,24)21-9-7-18(8-10-21)6-5-17(22)20(18)3/h11-12H,4-10H2,1-3H3. The Morgan fingerprint density at radius 2 is 1.88 bits per heavy atom. The lowest BCUT2D eigenvalue weighted by Gasteiger charge is -2.43. The summed E-state index contributed by atoms with van der Waals surface area (Å²) in [6.07, 6.45) is 2.65. The summed E-state index contributed by atoms with van der Waals surface area (Å²) in [7, 11) is -1.89. The van der Waals surface area contributed by atoms with E-state index in [9.17, 15) is 13.2 Å². The summed E-state index contributed by atoms with van der Waals surface area (Å²) in [6.45, 7) is 4.78. The van der Waals surface area contributed by atoms with Crippen LogP contribution >= 0.6 is 11.6 Å². The summed E-state index contributed by atoms with van der Waals surface area (Å²) in [6, 6.07) is 3.15. The molecular weight excluding hydrogens is 376 g/mol. The zero-order valence-corrected chi connectivity index (χ0v) is 17.0. The third-order valence-corrected chi connectivity index (χ3v) is 8.01. The van der Waals surface area contributed by atoms with Gasteiger partial charge in [0, 0.05) is 37.1 Å². The number of carbonyl (C=O) groups excluding carboxylic acids is 1. The molecule has 6 nitrogen and oxygen atoms in total. The van der Waals surface area contributed by atoms with E-state index in [1.54, 1.807) is 6.07 Å². The van der Waals surface area contributed by atoms with Crippen molar-refractivity contribution < 1.29 is 17.9 Å². The van der Waals surface area contributed by atoms with Gasteiger partial charge in [0.05, 0.1) is 6.61 Å². The van der Waals surface area contributed by atoms with E-state index in [4.69, 9.17) is 16.3 Å². The van der Waals surface area contributed by atoms with E-state index in [-0.39, 0.29) is 16.3 Å². The average Bonchev–Trinajstić information content (AvgIpc) is 2.87. The molecule has 2 fully saturated rings. The third-order valence-electron chi connectivity index (χ3n) is 5.69. The first-order chi connectivity index (χ1) is 12.2. The summed E-state index contributed by atoms with van der Waals surface area (Å²) in [5.74, 6) is 0.480. The van der Waals surface area contributed by atoms with Crippen molar-refractivity contribution in [2.24, 2.45) is 0 Å². The molecule has 0 saturated carbocycles. The van der Waals surface area contributed by atoms with Gasteiger partial charge >= 0.3 is 0 Å². The second kappa shape index (κ2) is 7.02. The number of halogens is 1. The van der Waals surface area contributed by atoms with Gasteiger partial charge in [0.1, 0.15) is 10.6 Å². The number of piperidine rings is 1. The highest BCUT2D eigenvalue weighted by molar-refractivity contribution is 7.89. The lowest BCUT2D eigenvalue weighted by atomic mass is 9.86. The number of carbonyl (C=O) groups is 1. The molecule has 26 heavy (non-hydrogen) atoms. The van der Waals surface area contributed by atoms with Gasteiger partial charge in [-0.3, -0.25) is 4.79 Å². The first-order valence-electron chi connectivity index (χ1n) is 8.91. The maximum absolute atomic E-state index is 13.2. The second-order valence-corrected chi connectivity index (χ2v) is 9.38. The van der Waals surface area contributed by atoms with E-state index in [0.717, 1.165) is 12.0 Å². The molecule has 0 N–H and O–H groups in total. The first-order valence-corrected chi connectivity index (χ1v) is 10.7. The number of hydrogen-bond acceptors (Lipinski definition) is 4. The van der Waals surface area contributed by atoms with Gasteiger partial charge in [-0.05, 0) is 50.8 Å². The molecule has 0 radical (unpaired) electrons. The zero-order valence-electron chi connectivity index (χ0n) is 15.4. The van der Waals surface area contributed by atoms with Crippen molar-refractivity contribution in [2.75, 3.05) is 26.7 Å². The number of sulfonamides is 1. The zero-order chi connectivity index (χ0) is 19.1. The van der Waals surface area contributed by atoms with E-state index in [2.05, 4.69) is 0 Å². The maximum Gasteiger partial charge on any atom is 0.246 e. The van der Waals surface area contributed by atoms with Crippen LogP contribution in [0.25, 0.3) is 0 Å². The van der Waals surface area contributed by atoms with Gasteiger partial charge in [-0.15, -0.1) is 0 Å². The lowest BCUT2D eigenvalue weighted by Crippen LogP contribution is -2.52. The number of likely N-dealkylation sites (tertiary alicyclic amines) is 1. The summed E-state index contributed by atoms with van der Waals surface area (Å²) in [5, 5.41) is 0.404. The van der Waals surface area contributed by atoms with Gasteiger partial charge in [0.2, 0.25) is 15.9 Å². The van der Waals surface area contributed by atoms with Crippen molar-refractivity contribution >= 4 is 27.5 Å². The van der Waals surface area contributed by atoms with Crippen LogP contribution in [0, 0.1) is 6.92 Å². The van der Waals surface area contributed by atoms with Gasteiger partial charge in [0.25, 0.3) is 0 Å². The lowest BCUT2D eigenvalue weighted by molar-refractivity contribution is -0.130. The molecule has 1 spiro atoms. The molecule has 0 bridgehead atoms. The van der Waals surface area contributed by atoms with E-state index in [1.807, 2.05) is 25.8 Å². The predicted octanol–water partition coefficient (Wildman–Crippen LogP) is 2.82. The molecule has 2 heterocycles. The average molecular weight is 401 g/mol. The molecule has 0 aliphatic carbocycles. The largest absolute Gasteiger partial charge is 0.492 e. The fourth-order valence-electron chi connectivity index (χ4n) is 3.91. The Balaban J connectivity index is 1.86. The minimum Gasteiger partial charge on any atom is -0.492 e. The molecule has 1 aromatic rings. The van der Waals surface area contributed by atoms with Crippen LogP contribution in [0.1, 0.15) is 38.2 Å². The normalized spacial score (nSPS) is 20.8. The van der Waals surface area contributed by atoms with Crippen molar-refractivity contribution in [1.82, 2.24) is 9.21 Å². The molecule has 0 aromatic heterocycles. The van der Waals surface area contributed by atoms with Crippen molar-refractivity contribution in [2.45, 2.75) is 50.0 Å². The summed E-state index contributed by atoms with van der Waals surface area (Å²) < 4.78 is 33.4. The number of amides is 1. The highest BCUT2D eigenvalue weighted by Gasteiger charge is 2.46. The molecule has 1 aromatic carbocycles. The van der Waals surface area contributed by atoms with Crippen molar-refractivity contribution in [3.63, 3.8) is 0 Å². The highest BCUT2D eigenvalue weighted by Crippen LogP contribution is 2.40. The number of benzene rings is 1. The Kier molecular flexibility index (Phi) is 5.25. The van der Waals surface area contributed by atoms with Gasteiger partial charge < -0.3 is 9.64 Å². The summed E-state index contributed by atoms with van der Waals surface area (Å²) in [5.41, 5.74) is 0.578. The Hall–Kier alpha value is -1.31. The van der Waals surface area contributed by atoms with Crippen molar-refractivity contribution in [3.05, 3.63) is 22.7 Å². The fourth-order valence-corrected chi connectivity index (χ4v) is 5.72. The molecule has 0 unspecified atom stereocenters. The predicted molar refractivity (Wildman–Crippen MR) is 100 cm³/mol. The van der Waals surface area contributed by atoms with E-state index in [0.29, 0.717) is 49.7 Å². The smallest absolute Gasteiger partial charge is 0.246 e. The van der Waals surface area contributed by atoms with Crippen LogP contribution < -0.4 is 4.74 Å². The Bertz CT molecular complexity index is 817. The molecule has 1 amide bonds. The van der Waals surface area contributed by atoms with Crippen LogP contribution in [0.5, 0.6) is 5.75 Å². The molecule has 2 saturated heterocycles. The summed E-state index contributed by atoms with van der Waals surface area (Å²) in [4.78, 5) is 13.8. The molecular formula is C18H25ClN2O4S. The van der Waals surface area contributed by atoms with Crippen molar-refractivity contribution in [1.29, 1.82) is 0 Å². The van der Waals surface area contributed by atoms with Gasteiger partial charge in [-0.1, -0.05) is 11.6 Å². The number of nitrogens with zero attached hydrogens (tertiary/aromatic N) is 2. The maximum atomic E-state index is 13.2. The van der Waals surface area contributed by atoms with Gasteiger partial charge in [0.15, 0.2) is 0 Å². The molecule has 2 aliphatic heterocycles. The number of rotatable bonds is 4. The molecule has 2 aliphatic rings. The number of aryl methyl sites for hydroxylation is 1. The third kappa shape index (κ3) is 3.21. The van der Waals surface area contributed by atoms with Crippen LogP contribution in [0.2, 0.25) is 5.02 Å². The monoisotopic (exact) mass is 400 g/mol. The van der Waals surface area contributed by atoms with E-state index >= 15 is 0 Å². The van der Waals surface area contributed by atoms with Crippen LogP contribution in [0.3, 0.4) is 0 Å². The van der Waals surface area contributed by atoms with E-state index < -0.39 is 10.0 Å². The Labute approximate surface area is 160 Å². The number of hydrogen-bond donors (Lipinski definition) is 0. The molecule has 0 atom stereocenters. The topological polar surface area (TPSA) is 66.9 Å². The van der Waals surface area contributed by atoms with E-state index in [1.165, 1.54) is 10.4 Å². The molecule has 144 valence electrons. The Morgan fingerprint density at radius 1 is 1.23 bits per heavy atom. The molecule has 8 heteroatoms.